The molecule has 1 fully saturated rings. The molecule has 0 bridgehead atoms. The van der Waals surface area contributed by atoms with Gasteiger partial charge < -0.3 is 84.8 Å². The van der Waals surface area contributed by atoms with Gasteiger partial charge in [-0.05, 0) is 222 Å². The molecule has 0 unspecified atom stereocenters. The quantitative estimate of drug-likeness (QED) is 0.0109. The largest absolute Gasteiger partial charge is 0.618 e. The van der Waals surface area contributed by atoms with E-state index in [1.54, 1.807) is 111 Å². The second-order valence-corrected chi connectivity index (χ2v) is 30.3. The van der Waals surface area contributed by atoms with E-state index < -0.39 is 58.9 Å². The number of anilines is 2. The van der Waals surface area contributed by atoms with Crippen LogP contribution in [0.5, 0.6) is 46.0 Å². The third-order valence-electron chi connectivity index (χ3n) is 19.4. The van der Waals surface area contributed by atoms with E-state index in [9.17, 15) is 65.9 Å². The van der Waals surface area contributed by atoms with Crippen LogP contribution in [0.25, 0.3) is 66.8 Å². The Morgan fingerprint density at radius 2 is 0.774 bits per heavy atom. The van der Waals surface area contributed by atoms with Crippen molar-refractivity contribution in [3.05, 3.63) is 387 Å². The summed E-state index contributed by atoms with van der Waals surface area (Å²) in [6, 6.07) is 68.2. The summed E-state index contributed by atoms with van der Waals surface area (Å²) in [6.07, 6.45) is 3.10. The number of methoxy groups -OCH3 is 4. The number of ether oxygens (including phenoxy) is 6. The van der Waals surface area contributed by atoms with Crippen LogP contribution in [-0.4, -0.2) is 119 Å². The number of rotatable bonds is 19. The van der Waals surface area contributed by atoms with Gasteiger partial charge >= 0.3 is 48.3 Å². The van der Waals surface area contributed by atoms with E-state index in [1.807, 2.05) is 0 Å². The Morgan fingerprint density at radius 1 is 0.409 bits per heavy atom. The van der Waals surface area contributed by atoms with Gasteiger partial charge in [0.05, 0.1) is 45.2 Å². The molecule has 1 aliphatic rings. The van der Waals surface area contributed by atoms with Crippen molar-refractivity contribution >= 4 is 91.5 Å². The highest BCUT2D eigenvalue weighted by Crippen LogP contribution is 2.40. The normalized spacial score (nSPS) is 11.4. The fourth-order valence-corrected chi connectivity index (χ4v) is 13.0. The molecule has 8 heterocycles. The molecule has 137 heavy (non-hydrogen) atoms. The molecule has 29 nitrogen and oxygen atoms in total. The molecule has 7 N–H and O–H groups in total. The number of carbonyl (C=O) groups excluding carboxylic acids is 1. The van der Waals surface area contributed by atoms with Crippen molar-refractivity contribution in [2.75, 3.05) is 52.7 Å². The number of carboxylic acid groups (broad SMARTS) is 4. The lowest BCUT2D eigenvalue weighted by atomic mass is 9.76. The van der Waals surface area contributed by atoms with Crippen molar-refractivity contribution < 1.29 is 127 Å². The summed E-state index contributed by atoms with van der Waals surface area (Å²) in [5, 5.41) is 74.9. The summed E-state index contributed by atoms with van der Waals surface area (Å²) < 4.78 is 139. The zero-order valence-corrected chi connectivity index (χ0v) is 74.4. The van der Waals surface area contributed by atoms with Crippen molar-refractivity contribution in [1.82, 2.24) is 19.9 Å². The van der Waals surface area contributed by atoms with E-state index in [0.29, 0.717) is 122 Å². The molecule has 1 amide bonds. The number of halogens is 8. The fraction of sp³-hybridized carbons (Fsp3) is 0.0909. The van der Waals surface area contributed by atoms with E-state index in [0.717, 1.165) is 11.5 Å². The predicted molar refractivity (Wildman–Crippen MR) is 494 cm³/mol. The number of amides is 1. The number of nitrogens with two attached hydrogens (primary N) is 1. The molecular weight excluding hydrogens is 1860 g/mol. The van der Waals surface area contributed by atoms with Crippen LogP contribution in [-0.2, 0) is 9.31 Å². The first-order valence-corrected chi connectivity index (χ1v) is 41.2. The minimum atomic E-state index is -1.30. The minimum Gasteiger partial charge on any atom is -0.618 e. The number of nitrogens with one attached hydrogen (secondary N) is 1. The third kappa shape index (κ3) is 27.1. The van der Waals surface area contributed by atoms with Gasteiger partial charge in [-0.1, -0.05) is 38.1 Å². The maximum atomic E-state index is 15.0. The number of nitrogens with zero attached hydrogens (tertiary/aromatic N) is 7. The number of benzene rings is 9. The number of hydrogen-bond acceptors (Lipinski definition) is 21. The second-order valence-electron chi connectivity index (χ2n) is 29.5. The van der Waals surface area contributed by atoms with Gasteiger partial charge in [0.15, 0.2) is 46.1 Å². The average molecular weight is 1940 g/mol. The first-order valence-electron chi connectivity index (χ1n) is 40.4. The van der Waals surface area contributed by atoms with Crippen LogP contribution in [0.4, 0.5) is 42.1 Å². The summed E-state index contributed by atoms with van der Waals surface area (Å²) in [6.45, 7) is 5.51. The van der Waals surface area contributed by atoms with Gasteiger partial charge in [0.2, 0.25) is 17.1 Å². The Hall–Kier alpha value is -17.1. The number of aromatic nitrogens is 7. The van der Waals surface area contributed by atoms with Crippen LogP contribution in [0.15, 0.2) is 302 Å². The van der Waals surface area contributed by atoms with Gasteiger partial charge in [-0.3, -0.25) is 14.8 Å². The molecule has 0 aliphatic carbocycles. The SMILES string of the molecule is CC1(C)COB(c2ccc(F)cc2)OC1.COc1cc2nccc(Oc3ccc(N)cc3F)c2cc1OC.COc1cc2nccc(Oc3ccc(NC(=O)c4cccc(-c5ccc(F)cc5)[n+]4[O-])cc3F)c2cc1OC.O=C(O)c1cccc(-c2ccc(F)cc2)[n+]1[O-].O=C(O)c1cccc(-c2ccc(F)cc2)[n+]1[O-].O=C(O)c1cccc(-c2ccc(F)cc2)n1.O=C(O)c1cccc(Br)n1. The van der Waals surface area contributed by atoms with E-state index in [1.165, 1.54) is 208 Å². The van der Waals surface area contributed by atoms with Crippen LogP contribution >= 0.6 is 15.9 Å². The molecular formula is C99H78BBrF7N9O20. The molecule has 17 rings (SSSR count). The first-order chi connectivity index (χ1) is 65.6. The van der Waals surface area contributed by atoms with Gasteiger partial charge in [-0.2, -0.15) is 14.2 Å². The zero-order valence-electron chi connectivity index (χ0n) is 72.8. The van der Waals surface area contributed by atoms with Gasteiger partial charge in [-0.25, -0.2) is 59.9 Å². The van der Waals surface area contributed by atoms with Crippen LogP contribution in [0.3, 0.4) is 0 Å². The van der Waals surface area contributed by atoms with Crippen LogP contribution in [0, 0.1) is 61.8 Å². The van der Waals surface area contributed by atoms with Crippen LogP contribution < -0.4 is 59.1 Å². The second kappa shape index (κ2) is 46.8. The molecule has 1 aliphatic heterocycles. The molecule has 7 aromatic heterocycles. The molecule has 0 saturated carbocycles. The molecule has 16 aromatic rings. The molecule has 0 radical (unpaired) electrons. The van der Waals surface area contributed by atoms with Crippen molar-refractivity contribution in [1.29, 1.82) is 0 Å². The highest BCUT2D eigenvalue weighted by molar-refractivity contribution is 9.10. The van der Waals surface area contributed by atoms with Gasteiger partial charge in [0.25, 0.3) is 5.69 Å². The highest BCUT2D eigenvalue weighted by Gasteiger charge is 2.34. The highest BCUT2D eigenvalue weighted by atomic mass is 79.9. The molecule has 1 saturated heterocycles. The zero-order chi connectivity index (χ0) is 98.7. The maximum absolute atomic E-state index is 15.0. The first kappa shape index (κ1) is 100. The topological polar surface area (TPSA) is 411 Å². The Labute approximate surface area is 784 Å². The van der Waals surface area contributed by atoms with E-state index in [-0.39, 0.29) is 86.9 Å². The summed E-state index contributed by atoms with van der Waals surface area (Å²) in [5.41, 5.74) is 10.3. The Bertz CT molecular complexity index is 6910. The number of carboxylic acids is 4. The number of aromatic carboxylic acids is 4. The lowest BCUT2D eigenvalue weighted by Gasteiger charge is -2.33. The average Bonchev–Trinajstić information content (AvgIpc) is 0.787. The predicted octanol–water partition coefficient (Wildman–Crippen LogP) is 19.0. The number of pyridine rings is 7. The van der Waals surface area contributed by atoms with E-state index >= 15 is 4.39 Å². The molecule has 698 valence electrons. The number of carbonyl (C=O) groups is 5. The van der Waals surface area contributed by atoms with E-state index in [2.05, 4.69) is 55.0 Å². The van der Waals surface area contributed by atoms with E-state index in [4.69, 9.17) is 63.9 Å². The Kier molecular flexibility index (Phi) is 34.3. The molecule has 9 aromatic carbocycles. The summed E-state index contributed by atoms with van der Waals surface area (Å²) in [4.78, 5) is 71.6. The number of nitrogen functional groups attached to an aromatic ring is 1. The van der Waals surface area contributed by atoms with Crippen LogP contribution in [0.1, 0.15) is 66.3 Å². The van der Waals surface area contributed by atoms with Gasteiger partial charge in [0.1, 0.15) is 56.6 Å². The standard InChI is InChI=1S/C29H21F2N3O5.C17H15FN2O3.2C12H8FNO3.C12H8FNO2.C11H14BFO2.C6H4BrNO2/c1-37-27-15-20-22(16-28(27)38-2)32-13-12-25(20)39-26-11-10-19(14-21(26)31)33-29(35)24-5-3-4-23(34(24)36)17-6-8-18(30)9-7-17;1-21-16-8-11-13(9-17(16)22-2)20-6-5-14(11)23-15-4-3-10(19)7-12(15)18;2*13-9-6-4-8(5-7-9)10-2-1-3-11(12(15)16)14(10)17;13-9-6-4-8(5-7-9)10-2-1-3-11(14-10)12(15)16;1-11(2)7-14-12(15-8-11)9-3-5-10(13)6-4-9;7-5-3-1-2-4(8-5)6(9)10/h3-16H,1-2H3,(H,33,35);3-9H,19H2,1-2H3;2*1-7H,(H,15,16);1-7H,(H,15,16);3-6H,7-8H2,1-2H3;1-3H,(H,9,10). The lowest BCUT2D eigenvalue weighted by molar-refractivity contribution is -0.596. The van der Waals surface area contributed by atoms with Gasteiger partial charge in [0, 0.05) is 136 Å². The number of fused-ring (bicyclic) bond motifs is 2. The molecule has 38 heteroatoms. The maximum Gasteiger partial charge on any atom is 0.493 e. The monoisotopic (exact) mass is 1940 g/mol. The third-order valence-corrected chi connectivity index (χ3v) is 19.8. The van der Waals surface area contributed by atoms with Crippen molar-refractivity contribution in [3.63, 3.8) is 0 Å². The van der Waals surface area contributed by atoms with Gasteiger partial charge in [-0.15, -0.1) is 0 Å². The lowest BCUT2D eigenvalue weighted by Crippen LogP contribution is -2.47. The van der Waals surface area contributed by atoms with Crippen molar-refractivity contribution in [2.45, 2.75) is 13.8 Å². The minimum absolute atomic E-state index is 0.0261. The Balaban J connectivity index is 0.000000160. The summed E-state index contributed by atoms with van der Waals surface area (Å²) >= 11 is 3.06. The molecule has 0 atom stereocenters. The Morgan fingerprint density at radius 3 is 1.16 bits per heavy atom. The van der Waals surface area contributed by atoms with Crippen molar-refractivity contribution in [2.24, 2.45) is 5.41 Å². The van der Waals surface area contributed by atoms with Crippen molar-refractivity contribution in [3.8, 4) is 91.0 Å². The van der Waals surface area contributed by atoms with Crippen LogP contribution in [0.2, 0.25) is 0 Å². The molecule has 0 spiro atoms. The number of hydrogen-bond donors (Lipinski definition) is 6. The summed E-state index contributed by atoms with van der Waals surface area (Å²) in [7, 11) is 5.76. The smallest absolute Gasteiger partial charge is 0.493 e. The summed E-state index contributed by atoms with van der Waals surface area (Å²) in [5.74, 6) is -5.74. The fourth-order valence-electron chi connectivity index (χ4n) is 12.6.